The smallest absolute Gasteiger partial charge is 0.418 e. The molecule has 1 saturated carbocycles. The normalized spacial score (nSPS) is 21.2. The van der Waals surface area contributed by atoms with E-state index in [0.29, 0.717) is 12.5 Å². The maximum absolute atomic E-state index is 14.9. The number of hydrogen-bond acceptors (Lipinski definition) is 7. The first-order valence-corrected chi connectivity index (χ1v) is 12.6. The van der Waals surface area contributed by atoms with Gasteiger partial charge in [-0.15, -0.1) is 0 Å². The highest BCUT2D eigenvalue weighted by atomic mass is 19.4. The first-order chi connectivity index (χ1) is 18.2. The van der Waals surface area contributed by atoms with E-state index in [1.807, 2.05) is 4.90 Å². The topological polar surface area (TPSA) is 111 Å². The highest BCUT2D eigenvalue weighted by Crippen LogP contribution is 2.39. The van der Waals surface area contributed by atoms with Gasteiger partial charge in [-0.2, -0.15) is 18.3 Å². The Balaban J connectivity index is 1.40. The van der Waals surface area contributed by atoms with Crippen LogP contribution in [0, 0.1) is 5.92 Å². The second kappa shape index (κ2) is 10.4. The maximum atomic E-state index is 14.9. The Kier molecular flexibility index (Phi) is 7.12. The van der Waals surface area contributed by atoms with Crippen molar-refractivity contribution < 1.29 is 27.1 Å². The molecule has 1 saturated heterocycles. The van der Waals surface area contributed by atoms with Gasteiger partial charge in [-0.25, -0.2) is 18.9 Å². The van der Waals surface area contributed by atoms with Crippen molar-refractivity contribution in [3.05, 3.63) is 35.8 Å². The van der Waals surface area contributed by atoms with Gasteiger partial charge in [0, 0.05) is 31.4 Å². The summed E-state index contributed by atoms with van der Waals surface area (Å²) in [6, 6.07) is 1.50. The number of methoxy groups -OCH3 is 1. The van der Waals surface area contributed by atoms with Crippen molar-refractivity contribution in [2.24, 2.45) is 5.92 Å². The van der Waals surface area contributed by atoms with E-state index in [4.69, 9.17) is 10.5 Å². The van der Waals surface area contributed by atoms with Crippen molar-refractivity contribution in [2.75, 3.05) is 32.5 Å². The fourth-order valence-electron chi connectivity index (χ4n) is 5.51. The van der Waals surface area contributed by atoms with Crippen molar-refractivity contribution in [3.63, 3.8) is 0 Å². The van der Waals surface area contributed by atoms with Crippen LogP contribution in [0.5, 0.6) is 5.88 Å². The zero-order valence-corrected chi connectivity index (χ0v) is 20.8. The van der Waals surface area contributed by atoms with E-state index in [0.717, 1.165) is 36.3 Å². The predicted molar refractivity (Wildman–Crippen MR) is 131 cm³/mol. The summed E-state index contributed by atoms with van der Waals surface area (Å²) >= 11 is 0. The number of hydrogen-bond donors (Lipinski definition) is 2. The Hall–Kier alpha value is -3.48. The minimum absolute atomic E-state index is 0.00789. The molecule has 5 rings (SSSR count). The quantitative estimate of drug-likeness (QED) is 0.463. The Morgan fingerprint density at radius 3 is 2.66 bits per heavy atom. The zero-order valence-electron chi connectivity index (χ0n) is 20.8. The average molecular weight is 536 g/mol. The number of anilines is 1. The van der Waals surface area contributed by atoms with Gasteiger partial charge in [0.25, 0.3) is 5.91 Å². The lowest BCUT2D eigenvalue weighted by Gasteiger charge is -2.26. The van der Waals surface area contributed by atoms with Crippen LogP contribution < -0.4 is 15.8 Å². The molecule has 3 aromatic rings. The van der Waals surface area contributed by atoms with Gasteiger partial charge in [0.2, 0.25) is 5.88 Å². The number of ether oxygens (including phenoxy) is 1. The van der Waals surface area contributed by atoms with Crippen LogP contribution in [0.25, 0.3) is 16.8 Å². The summed E-state index contributed by atoms with van der Waals surface area (Å²) in [5.41, 5.74) is 4.46. The number of fused-ring (bicyclic) bond motifs is 1. The number of rotatable bonds is 6. The highest BCUT2D eigenvalue weighted by Gasteiger charge is 2.38. The Bertz CT molecular complexity index is 1320. The van der Waals surface area contributed by atoms with Gasteiger partial charge in [0.15, 0.2) is 5.82 Å². The van der Waals surface area contributed by atoms with Crippen molar-refractivity contribution in [1.82, 2.24) is 29.8 Å². The molecular weight excluding hydrogens is 506 g/mol. The van der Waals surface area contributed by atoms with Gasteiger partial charge in [-0.3, -0.25) is 9.69 Å². The highest BCUT2D eigenvalue weighted by molar-refractivity contribution is 5.98. The van der Waals surface area contributed by atoms with Gasteiger partial charge in [0.1, 0.15) is 23.6 Å². The lowest BCUT2D eigenvalue weighted by atomic mass is 9.89. The number of nitrogen functional groups attached to an aromatic ring is 1. The maximum Gasteiger partial charge on any atom is 0.418 e. The first kappa shape index (κ1) is 26.1. The largest absolute Gasteiger partial charge is 0.480 e. The Morgan fingerprint density at radius 2 is 1.95 bits per heavy atom. The molecule has 1 amide bonds. The lowest BCUT2D eigenvalue weighted by molar-refractivity contribution is -0.136. The molecular formula is C25H29F4N7O2. The van der Waals surface area contributed by atoms with Crippen LogP contribution in [0.3, 0.4) is 0 Å². The van der Waals surface area contributed by atoms with Gasteiger partial charge < -0.3 is 15.8 Å². The summed E-state index contributed by atoms with van der Waals surface area (Å²) in [5, 5.41) is 6.66. The number of pyridine rings is 1. The summed E-state index contributed by atoms with van der Waals surface area (Å²) in [7, 11) is 1.32. The molecule has 0 bridgehead atoms. The van der Waals surface area contributed by atoms with Crippen LogP contribution in [-0.2, 0) is 6.18 Å². The van der Waals surface area contributed by atoms with E-state index in [-0.39, 0.29) is 35.1 Å². The number of amides is 1. The Labute approximate surface area is 216 Å². The number of likely N-dealkylation sites (tertiary alicyclic amines) is 1. The predicted octanol–water partition coefficient (Wildman–Crippen LogP) is 3.73. The summed E-state index contributed by atoms with van der Waals surface area (Å²) in [4.78, 5) is 23.1. The van der Waals surface area contributed by atoms with Crippen LogP contribution in [0.4, 0.5) is 23.4 Å². The lowest BCUT2D eigenvalue weighted by Crippen LogP contribution is -2.41. The molecule has 13 heteroatoms. The molecule has 0 aromatic carbocycles. The summed E-state index contributed by atoms with van der Waals surface area (Å²) in [6.45, 7) is 1.43. The van der Waals surface area contributed by atoms with Gasteiger partial charge >= 0.3 is 6.18 Å². The molecule has 2 atom stereocenters. The number of halogens is 4. The SMILES string of the molecule is COc1ncc(-c2cc(C(F)(F)F)c3c(N)ncnn23)cc1C(=O)NC1CN(CC2CCCCC2)CC1F. The van der Waals surface area contributed by atoms with Crippen molar-refractivity contribution >= 4 is 17.2 Å². The molecule has 3 N–H and O–H groups in total. The molecule has 4 heterocycles. The average Bonchev–Trinajstić information content (AvgIpc) is 3.45. The molecule has 0 radical (unpaired) electrons. The number of nitrogens with two attached hydrogens (primary N) is 1. The van der Waals surface area contributed by atoms with E-state index >= 15 is 0 Å². The number of carbonyl (C=O) groups is 1. The summed E-state index contributed by atoms with van der Waals surface area (Å²) in [6.07, 6.45) is 2.27. The zero-order chi connectivity index (χ0) is 27.0. The first-order valence-electron chi connectivity index (χ1n) is 12.6. The number of aromatic nitrogens is 4. The van der Waals surface area contributed by atoms with E-state index in [1.165, 1.54) is 38.6 Å². The molecule has 0 spiro atoms. The van der Waals surface area contributed by atoms with Crippen LogP contribution in [0.2, 0.25) is 0 Å². The number of nitrogens with zero attached hydrogens (tertiary/aromatic N) is 5. The molecule has 38 heavy (non-hydrogen) atoms. The third kappa shape index (κ3) is 5.11. The van der Waals surface area contributed by atoms with E-state index in [9.17, 15) is 22.4 Å². The third-order valence-corrected chi connectivity index (χ3v) is 7.35. The minimum atomic E-state index is -4.72. The molecule has 9 nitrogen and oxygen atoms in total. The van der Waals surface area contributed by atoms with Crippen LogP contribution in [-0.4, -0.2) is 69.3 Å². The standard InChI is InChI=1S/C25H29F4N7O2/c1-38-24-16(23(37)34-19-12-35(11-18(19)26)10-14-5-3-2-4-6-14)7-15(9-31-24)20-8-17(25(27,28)29)21-22(30)32-13-33-36(20)21/h7-9,13-14,18-19H,2-6,10-12H2,1H3,(H,34,37)(H2,30,32,33). The summed E-state index contributed by atoms with van der Waals surface area (Å²) < 4.78 is 62.3. The van der Waals surface area contributed by atoms with Crippen molar-refractivity contribution in [2.45, 2.75) is 50.5 Å². The van der Waals surface area contributed by atoms with Crippen LogP contribution in [0.1, 0.15) is 48.0 Å². The minimum Gasteiger partial charge on any atom is -0.480 e. The second-order valence-electron chi connectivity index (χ2n) is 9.95. The molecule has 2 aliphatic rings. The van der Waals surface area contributed by atoms with Crippen molar-refractivity contribution in [1.29, 1.82) is 0 Å². The monoisotopic (exact) mass is 535 g/mol. The number of alkyl halides is 4. The molecule has 2 unspecified atom stereocenters. The van der Waals surface area contributed by atoms with Gasteiger partial charge in [0.05, 0.1) is 24.4 Å². The molecule has 204 valence electrons. The fraction of sp³-hybridized carbons (Fsp3) is 0.520. The van der Waals surface area contributed by atoms with Gasteiger partial charge in [-0.05, 0) is 30.9 Å². The van der Waals surface area contributed by atoms with E-state index in [1.54, 1.807) is 0 Å². The van der Waals surface area contributed by atoms with Crippen molar-refractivity contribution in [3.8, 4) is 17.1 Å². The van der Waals surface area contributed by atoms with E-state index in [2.05, 4.69) is 20.4 Å². The molecule has 1 aliphatic carbocycles. The number of nitrogens with one attached hydrogen (secondary N) is 1. The third-order valence-electron chi connectivity index (χ3n) is 7.35. The number of carbonyl (C=O) groups excluding carboxylic acids is 1. The Morgan fingerprint density at radius 1 is 1.18 bits per heavy atom. The second-order valence-corrected chi connectivity index (χ2v) is 9.95. The summed E-state index contributed by atoms with van der Waals surface area (Å²) in [5.74, 6) is -0.465. The molecule has 1 aliphatic heterocycles. The fourth-order valence-corrected chi connectivity index (χ4v) is 5.51. The van der Waals surface area contributed by atoms with E-state index < -0.39 is 35.4 Å². The van der Waals surface area contributed by atoms with Gasteiger partial charge in [-0.1, -0.05) is 19.3 Å². The molecule has 3 aromatic heterocycles. The van der Waals surface area contributed by atoms with Crippen LogP contribution >= 0.6 is 0 Å². The molecule has 2 fully saturated rings. The van der Waals surface area contributed by atoms with Crippen LogP contribution in [0.15, 0.2) is 24.7 Å².